The molecule has 0 fully saturated rings. The number of nitrogens with one attached hydrogen (secondary N) is 4. The summed E-state index contributed by atoms with van der Waals surface area (Å²) in [6.45, 7) is 1.93. The Morgan fingerprint density at radius 2 is 1.84 bits per heavy atom. The number of H-pyrrole nitrogens is 1. The normalized spacial score (nSPS) is 10.8. The Morgan fingerprint density at radius 3 is 2.66 bits per heavy atom. The van der Waals surface area contributed by atoms with Crippen LogP contribution in [0.25, 0.3) is 10.2 Å². The predicted octanol–water partition coefficient (Wildman–Crippen LogP) is 4.86. The molecule has 0 saturated heterocycles. The Hall–Kier alpha value is -4.31. The second-order valence-corrected chi connectivity index (χ2v) is 8.00. The standard InChI is InChI=1S/C22H18N8OS/c1-13-11-19(30-29-13)26-18-9-10-23-21(27-18)24-15-7-8-16-17(12-15)32-22(25-16)28-20(31)14-5-3-2-4-6-14/h2-12H,1H3,(H,25,28,31)(H3,23,24,26,27,29,30). The van der Waals surface area contributed by atoms with Crippen molar-refractivity contribution in [1.82, 2.24) is 25.1 Å². The van der Waals surface area contributed by atoms with Gasteiger partial charge in [-0.2, -0.15) is 10.1 Å². The Morgan fingerprint density at radius 1 is 0.969 bits per heavy atom. The Balaban J connectivity index is 1.31. The van der Waals surface area contributed by atoms with Gasteiger partial charge in [0.15, 0.2) is 10.9 Å². The summed E-state index contributed by atoms with van der Waals surface area (Å²) in [5.74, 6) is 1.57. The van der Waals surface area contributed by atoms with Crippen LogP contribution in [0.3, 0.4) is 0 Å². The van der Waals surface area contributed by atoms with Gasteiger partial charge in [-0.3, -0.25) is 15.2 Å². The number of rotatable bonds is 6. The van der Waals surface area contributed by atoms with Crippen LogP contribution in [0.1, 0.15) is 16.1 Å². The summed E-state index contributed by atoms with van der Waals surface area (Å²) < 4.78 is 0.930. The van der Waals surface area contributed by atoms with Crippen LogP contribution in [0.5, 0.6) is 0 Å². The van der Waals surface area contributed by atoms with E-state index in [9.17, 15) is 4.79 Å². The lowest BCUT2D eigenvalue weighted by atomic mass is 10.2. The third-order valence-corrected chi connectivity index (χ3v) is 5.45. The third kappa shape index (κ3) is 4.40. The van der Waals surface area contributed by atoms with Crippen LogP contribution in [0.2, 0.25) is 0 Å². The van der Waals surface area contributed by atoms with Crippen molar-refractivity contribution in [2.75, 3.05) is 16.0 Å². The highest BCUT2D eigenvalue weighted by Gasteiger charge is 2.10. The number of aromatic amines is 1. The maximum atomic E-state index is 12.4. The van der Waals surface area contributed by atoms with Gasteiger partial charge in [0.1, 0.15) is 5.82 Å². The minimum absolute atomic E-state index is 0.187. The molecule has 1 amide bonds. The van der Waals surface area contributed by atoms with Gasteiger partial charge in [-0.1, -0.05) is 29.5 Å². The molecule has 0 bridgehead atoms. The number of anilines is 5. The van der Waals surface area contributed by atoms with Gasteiger partial charge in [0.2, 0.25) is 5.95 Å². The van der Waals surface area contributed by atoms with Gasteiger partial charge >= 0.3 is 0 Å². The average Bonchev–Trinajstić information content (AvgIpc) is 3.39. The number of thiazole rings is 1. The maximum absolute atomic E-state index is 12.4. The van der Waals surface area contributed by atoms with Crippen LogP contribution in [-0.2, 0) is 0 Å². The van der Waals surface area contributed by atoms with E-state index in [0.29, 0.717) is 28.3 Å². The number of hydrogen-bond acceptors (Lipinski definition) is 8. The molecule has 5 rings (SSSR count). The molecule has 0 atom stereocenters. The molecular weight excluding hydrogens is 424 g/mol. The fourth-order valence-electron chi connectivity index (χ4n) is 3.05. The number of hydrogen-bond donors (Lipinski definition) is 4. The van der Waals surface area contributed by atoms with Crippen LogP contribution < -0.4 is 16.0 Å². The molecule has 0 spiro atoms. The van der Waals surface area contributed by atoms with Gasteiger partial charge < -0.3 is 10.6 Å². The summed E-state index contributed by atoms with van der Waals surface area (Å²) in [4.78, 5) is 25.6. The summed E-state index contributed by atoms with van der Waals surface area (Å²) in [6.07, 6.45) is 1.67. The molecular formula is C22H18N8OS. The van der Waals surface area contributed by atoms with E-state index in [1.54, 1.807) is 24.4 Å². The number of nitrogens with zero attached hydrogens (tertiary/aromatic N) is 4. The smallest absolute Gasteiger partial charge is 0.257 e. The highest BCUT2D eigenvalue weighted by molar-refractivity contribution is 7.22. The molecule has 3 aromatic heterocycles. The number of carbonyl (C=O) groups excluding carboxylic acids is 1. The second kappa shape index (κ2) is 8.44. The SMILES string of the molecule is Cc1cc(Nc2ccnc(Nc3ccc4nc(NC(=O)c5ccccc5)sc4c3)n2)n[nH]1. The van der Waals surface area contributed by atoms with Crippen molar-refractivity contribution in [2.45, 2.75) is 6.92 Å². The topological polar surface area (TPSA) is 121 Å². The number of fused-ring (bicyclic) bond motifs is 1. The largest absolute Gasteiger partial charge is 0.324 e. The molecule has 0 unspecified atom stereocenters. The highest BCUT2D eigenvalue weighted by atomic mass is 32.1. The fourth-order valence-corrected chi connectivity index (χ4v) is 3.95. The van der Waals surface area contributed by atoms with Crippen molar-refractivity contribution >= 4 is 55.9 Å². The summed E-state index contributed by atoms with van der Waals surface area (Å²) in [5.41, 5.74) is 3.16. The fraction of sp³-hybridized carbons (Fsp3) is 0.0455. The number of aromatic nitrogens is 5. The Labute approximate surface area is 187 Å². The Kier molecular flexibility index (Phi) is 5.18. The molecule has 3 heterocycles. The summed E-state index contributed by atoms with van der Waals surface area (Å²) in [6, 6.07) is 18.4. The quantitative estimate of drug-likeness (QED) is 0.296. The summed E-state index contributed by atoms with van der Waals surface area (Å²) in [5, 5.41) is 16.8. The second-order valence-electron chi connectivity index (χ2n) is 6.97. The third-order valence-electron chi connectivity index (χ3n) is 4.52. The first-order valence-electron chi connectivity index (χ1n) is 9.78. The van der Waals surface area contributed by atoms with E-state index in [2.05, 4.69) is 41.1 Å². The van der Waals surface area contributed by atoms with E-state index in [1.807, 2.05) is 49.4 Å². The molecule has 0 saturated carbocycles. The lowest BCUT2D eigenvalue weighted by molar-refractivity contribution is 0.102. The van der Waals surface area contributed by atoms with E-state index < -0.39 is 0 Å². The van der Waals surface area contributed by atoms with Crippen molar-refractivity contribution in [2.24, 2.45) is 0 Å². The zero-order chi connectivity index (χ0) is 21.9. The van der Waals surface area contributed by atoms with Gasteiger partial charge in [0.25, 0.3) is 5.91 Å². The molecule has 0 aliphatic carbocycles. The van der Waals surface area contributed by atoms with Gasteiger partial charge in [-0.05, 0) is 43.3 Å². The molecule has 10 heteroatoms. The van der Waals surface area contributed by atoms with E-state index >= 15 is 0 Å². The molecule has 2 aromatic carbocycles. The molecule has 0 aliphatic heterocycles. The molecule has 158 valence electrons. The van der Waals surface area contributed by atoms with E-state index in [1.165, 1.54) is 11.3 Å². The lowest BCUT2D eigenvalue weighted by Gasteiger charge is -2.07. The predicted molar refractivity (Wildman–Crippen MR) is 126 cm³/mol. The van der Waals surface area contributed by atoms with Crippen molar-refractivity contribution in [1.29, 1.82) is 0 Å². The van der Waals surface area contributed by atoms with Gasteiger partial charge in [-0.25, -0.2) is 9.97 Å². The van der Waals surface area contributed by atoms with E-state index in [4.69, 9.17) is 0 Å². The monoisotopic (exact) mass is 442 g/mol. The minimum atomic E-state index is -0.187. The Bertz CT molecular complexity index is 1400. The minimum Gasteiger partial charge on any atom is -0.324 e. The number of carbonyl (C=O) groups is 1. The first kappa shape index (κ1) is 19.6. The van der Waals surface area contributed by atoms with Gasteiger partial charge in [-0.15, -0.1) is 0 Å². The molecule has 9 nitrogen and oxygen atoms in total. The first-order valence-corrected chi connectivity index (χ1v) is 10.6. The lowest BCUT2D eigenvalue weighted by Crippen LogP contribution is -2.11. The zero-order valence-electron chi connectivity index (χ0n) is 17.0. The van der Waals surface area contributed by atoms with E-state index in [0.717, 1.165) is 21.6 Å². The molecule has 4 N–H and O–H groups in total. The van der Waals surface area contributed by atoms with Crippen molar-refractivity contribution in [3.05, 3.63) is 78.1 Å². The van der Waals surface area contributed by atoms with Crippen LogP contribution in [0.15, 0.2) is 66.9 Å². The zero-order valence-corrected chi connectivity index (χ0v) is 17.8. The van der Waals surface area contributed by atoms with Gasteiger partial charge in [0, 0.05) is 29.2 Å². The van der Waals surface area contributed by atoms with Crippen LogP contribution >= 0.6 is 11.3 Å². The molecule has 32 heavy (non-hydrogen) atoms. The number of benzene rings is 2. The van der Waals surface area contributed by atoms with Crippen molar-refractivity contribution < 1.29 is 4.79 Å². The summed E-state index contributed by atoms with van der Waals surface area (Å²) in [7, 11) is 0. The van der Waals surface area contributed by atoms with Crippen molar-refractivity contribution in [3.63, 3.8) is 0 Å². The van der Waals surface area contributed by atoms with Crippen molar-refractivity contribution in [3.8, 4) is 0 Å². The number of aryl methyl sites for hydroxylation is 1. The average molecular weight is 443 g/mol. The van der Waals surface area contributed by atoms with Crippen LogP contribution in [0, 0.1) is 6.92 Å². The molecule has 0 radical (unpaired) electrons. The molecule has 5 aromatic rings. The maximum Gasteiger partial charge on any atom is 0.257 e. The first-order chi connectivity index (χ1) is 15.6. The van der Waals surface area contributed by atoms with Crippen LogP contribution in [0.4, 0.5) is 28.4 Å². The summed E-state index contributed by atoms with van der Waals surface area (Å²) >= 11 is 1.40. The highest BCUT2D eigenvalue weighted by Crippen LogP contribution is 2.29. The van der Waals surface area contributed by atoms with Gasteiger partial charge in [0.05, 0.1) is 10.2 Å². The van der Waals surface area contributed by atoms with E-state index in [-0.39, 0.29) is 5.91 Å². The van der Waals surface area contributed by atoms with Crippen LogP contribution in [-0.4, -0.2) is 31.1 Å². The number of amides is 1. The molecule has 0 aliphatic rings.